The highest BCUT2D eigenvalue weighted by Crippen LogP contribution is 2.32. The number of hydrogen-bond acceptors (Lipinski definition) is 7. The number of amides is 2. The minimum atomic E-state index is -3.25. The number of nitrogens with one attached hydrogen (secondary N) is 2. The lowest BCUT2D eigenvalue weighted by Crippen LogP contribution is -2.60. The first-order chi connectivity index (χ1) is 12.3. The second kappa shape index (κ2) is 6.67. The van der Waals surface area contributed by atoms with Gasteiger partial charge in [-0.25, -0.2) is 18.2 Å². The third-order valence-corrected chi connectivity index (χ3v) is 6.45. The fourth-order valence-corrected chi connectivity index (χ4v) is 4.82. The summed E-state index contributed by atoms with van der Waals surface area (Å²) in [6.45, 7) is 0. The predicted molar refractivity (Wildman–Crippen MR) is 91.0 cm³/mol. The number of carbonyl (C=O) groups is 3. The van der Waals surface area contributed by atoms with Gasteiger partial charge in [-0.2, -0.15) is 0 Å². The van der Waals surface area contributed by atoms with Gasteiger partial charge >= 0.3 is 5.97 Å². The monoisotopic (exact) mass is 381 g/mol. The first-order valence-corrected chi connectivity index (χ1v) is 9.94. The molecule has 0 aliphatic carbocycles. The highest BCUT2D eigenvalue weighted by Gasteiger charge is 2.47. The van der Waals surface area contributed by atoms with Crippen LogP contribution in [0.4, 0.5) is 5.82 Å². The fraction of sp³-hybridized carbons (Fsp3) is 0.500. The largest absolute Gasteiger partial charge is 0.467 e. The first kappa shape index (κ1) is 18.3. The Kier molecular flexibility index (Phi) is 4.70. The number of fused-ring (bicyclic) bond motifs is 1. The van der Waals surface area contributed by atoms with E-state index in [1.54, 1.807) is 12.1 Å². The summed E-state index contributed by atoms with van der Waals surface area (Å²) in [5.74, 6) is -2.51. The van der Waals surface area contributed by atoms with E-state index in [9.17, 15) is 22.8 Å². The van der Waals surface area contributed by atoms with Crippen molar-refractivity contribution in [3.8, 4) is 0 Å². The molecule has 0 bridgehead atoms. The van der Waals surface area contributed by atoms with Gasteiger partial charge in [-0.3, -0.25) is 9.59 Å². The summed E-state index contributed by atoms with van der Waals surface area (Å²) in [5, 5.41) is 5.27. The SMILES string of the molecule is COC(=O)C1(NC(=O)C2CC(=O)Nc3ncccc32)CCS(=O)(=O)CC1. The quantitative estimate of drug-likeness (QED) is 0.690. The van der Waals surface area contributed by atoms with Crippen molar-refractivity contribution in [1.82, 2.24) is 10.3 Å². The van der Waals surface area contributed by atoms with E-state index in [1.165, 1.54) is 13.3 Å². The number of rotatable bonds is 3. The number of methoxy groups -OCH3 is 1. The summed E-state index contributed by atoms with van der Waals surface area (Å²) in [4.78, 5) is 41.1. The van der Waals surface area contributed by atoms with Crippen molar-refractivity contribution in [2.45, 2.75) is 30.7 Å². The van der Waals surface area contributed by atoms with Gasteiger partial charge in [-0.15, -0.1) is 0 Å². The van der Waals surface area contributed by atoms with Crippen LogP contribution in [0, 0.1) is 0 Å². The standard InChI is InChI=1S/C16H19N3O6S/c1-25-15(22)16(4-7-26(23,24)8-5-16)19-14(21)11-9-12(20)18-13-10(11)3-2-6-17-13/h2-3,6,11H,4-5,7-9H2,1H3,(H,19,21)(H,17,18,20). The predicted octanol–water partition coefficient (Wildman–Crippen LogP) is -0.256. The van der Waals surface area contributed by atoms with Crippen LogP contribution in [-0.2, 0) is 29.0 Å². The molecule has 0 saturated carbocycles. The van der Waals surface area contributed by atoms with E-state index in [0.717, 1.165) is 0 Å². The van der Waals surface area contributed by atoms with Gasteiger partial charge in [0.1, 0.15) is 11.4 Å². The molecular formula is C16H19N3O6S. The Morgan fingerprint density at radius 2 is 2.04 bits per heavy atom. The van der Waals surface area contributed by atoms with E-state index in [-0.39, 0.29) is 36.7 Å². The van der Waals surface area contributed by atoms with Gasteiger partial charge in [0.25, 0.3) is 0 Å². The molecule has 1 atom stereocenters. The summed E-state index contributed by atoms with van der Waals surface area (Å²) < 4.78 is 28.2. The van der Waals surface area contributed by atoms with E-state index in [0.29, 0.717) is 11.4 Å². The van der Waals surface area contributed by atoms with Crippen LogP contribution in [0.2, 0.25) is 0 Å². The van der Waals surface area contributed by atoms with Gasteiger partial charge in [0.15, 0.2) is 9.84 Å². The van der Waals surface area contributed by atoms with E-state index < -0.39 is 33.2 Å². The van der Waals surface area contributed by atoms with Gasteiger partial charge in [-0.1, -0.05) is 6.07 Å². The Morgan fingerprint density at radius 1 is 1.35 bits per heavy atom. The molecule has 1 unspecified atom stereocenters. The smallest absolute Gasteiger partial charge is 0.331 e. The maximum atomic E-state index is 12.9. The van der Waals surface area contributed by atoms with Crippen molar-refractivity contribution in [3.05, 3.63) is 23.9 Å². The molecule has 3 rings (SSSR count). The minimum Gasteiger partial charge on any atom is -0.467 e. The molecule has 0 radical (unpaired) electrons. The van der Waals surface area contributed by atoms with Crippen LogP contribution in [0.15, 0.2) is 18.3 Å². The second-order valence-electron chi connectivity index (χ2n) is 6.46. The third-order valence-electron chi connectivity index (χ3n) is 4.80. The molecule has 0 aromatic carbocycles. The van der Waals surface area contributed by atoms with Crippen molar-refractivity contribution >= 4 is 33.4 Å². The molecule has 0 spiro atoms. The normalized spacial score (nSPS) is 23.3. The summed E-state index contributed by atoms with van der Waals surface area (Å²) in [6.07, 6.45) is 1.29. The Morgan fingerprint density at radius 3 is 2.69 bits per heavy atom. The Bertz CT molecular complexity index is 852. The molecular weight excluding hydrogens is 362 g/mol. The summed E-state index contributed by atoms with van der Waals surface area (Å²) in [7, 11) is -2.06. The summed E-state index contributed by atoms with van der Waals surface area (Å²) >= 11 is 0. The fourth-order valence-electron chi connectivity index (χ4n) is 3.30. The topological polar surface area (TPSA) is 132 Å². The molecule has 2 aliphatic heterocycles. The number of anilines is 1. The summed E-state index contributed by atoms with van der Waals surface area (Å²) in [6, 6.07) is 3.34. The molecule has 1 aromatic heterocycles. The van der Waals surface area contributed by atoms with Crippen molar-refractivity contribution in [2.24, 2.45) is 0 Å². The number of ether oxygens (including phenoxy) is 1. The molecule has 10 heteroatoms. The molecule has 26 heavy (non-hydrogen) atoms. The molecule has 1 saturated heterocycles. The van der Waals surface area contributed by atoms with Crippen LogP contribution < -0.4 is 10.6 Å². The molecule has 3 heterocycles. The van der Waals surface area contributed by atoms with Crippen LogP contribution >= 0.6 is 0 Å². The molecule has 9 nitrogen and oxygen atoms in total. The number of hydrogen-bond donors (Lipinski definition) is 2. The third kappa shape index (κ3) is 3.41. The van der Waals surface area contributed by atoms with Crippen LogP contribution in [-0.4, -0.2) is 55.3 Å². The van der Waals surface area contributed by atoms with Gasteiger partial charge in [0.05, 0.1) is 24.5 Å². The number of pyridine rings is 1. The molecule has 140 valence electrons. The lowest BCUT2D eigenvalue weighted by molar-refractivity contribution is -0.151. The zero-order chi connectivity index (χ0) is 18.9. The van der Waals surface area contributed by atoms with Gasteiger partial charge in [0, 0.05) is 18.2 Å². The number of aromatic nitrogens is 1. The maximum Gasteiger partial charge on any atom is 0.331 e. The van der Waals surface area contributed by atoms with Crippen LogP contribution in [0.5, 0.6) is 0 Å². The molecule has 1 aromatic rings. The van der Waals surface area contributed by atoms with Crippen LogP contribution in [0.3, 0.4) is 0 Å². The summed E-state index contributed by atoms with van der Waals surface area (Å²) in [5.41, 5.74) is -0.860. The lowest BCUT2D eigenvalue weighted by atomic mass is 9.87. The van der Waals surface area contributed by atoms with Crippen molar-refractivity contribution < 1.29 is 27.5 Å². The van der Waals surface area contributed by atoms with Gasteiger partial charge in [0.2, 0.25) is 11.8 Å². The number of esters is 1. The van der Waals surface area contributed by atoms with E-state index in [2.05, 4.69) is 15.6 Å². The van der Waals surface area contributed by atoms with E-state index in [4.69, 9.17) is 4.74 Å². The minimum absolute atomic E-state index is 0.0629. The molecule has 2 aliphatic rings. The van der Waals surface area contributed by atoms with Crippen LogP contribution in [0.1, 0.15) is 30.7 Å². The zero-order valence-corrected chi connectivity index (χ0v) is 15.0. The molecule has 2 N–H and O–H groups in total. The molecule has 1 fully saturated rings. The van der Waals surface area contributed by atoms with E-state index >= 15 is 0 Å². The van der Waals surface area contributed by atoms with E-state index in [1.807, 2.05) is 0 Å². The van der Waals surface area contributed by atoms with Crippen molar-refractivity contribution in [2.75, 3.05) is 23.9 Å². The highest BCUT2D eigenvalue weighted by atomic mass is 32.2. The lowest BCUT2D eigenvalue weighted by Gasteiger charge is -2.36. The Hall–Kier alpha value is -2.49. The molecule has 2 amide bonds. The average molecular weight is 381 g/mol. The van der Waals surface area contributed by atoms with Crippen molar-refractivity contribution in [3.63, 3.8) is 0 Å². The maximum absolute atomic E-state index is 12.9. The highest BCUT2D eigenvalue weighted by molar-refractivity contribution is 7.91. The Balaban J connectivity index is 1.87. The second-order valence-corrected chi connectivity index (χ2v) is 8.76. The average Bonchev–Trinajstić information content (AvgIpc) is 2.62. The number of nitrogens with zero attached hydrogens (tertiary/aromatic N) is 1. The zero-order valence-electron chi connectivity index (χ0n) is 14.1. The van der Waals surface area contributed by atoms with Crippen LogP contribution in [0.25, 0.3) is 0 Å². The van der Waals surface area contributed by atoms with Gasteiger partial charge in [-0.05, 0) is 18.9 Å². The van der Waals surface area contributed by atoms with Gasteiger partial charge < -0.3 is 15.4 Å². The number of sulfone groups is 1. The van der Waals surface area contributed by atoms with Crippen molar-refractivity contribution in [1.29, 1.82) is 0 Å². The first-order valence-electron chi connectivity index (χ1n) is 8.12. The number of carbonyl (C=O) groups excluding carboxylic acids is 3. The Labute approximate surface area is 150 Å².